The van der Waals surface area contributed by atoms with E-state index in [1.807, 2.05) is 73.1 Å². The number of thiophene rings is 2. The predicted molar refractivity (Wildman–Crippen MR) is 327 cm³/mol. The molecule has 2 fully saturated rings. The van der Waals surface area contributed by atoms with Crippen molar-refractivity contribution < 1.29 is 28.7 Å². The fourth-order valence-corrected chi connectivity index (χ4v) is 12.2. The lowest BCUT2D eigenvalue weighted by molar-refractivity contribution is 0.0429. The highest BCUT2D eigenvalue weighted by Gasteiger charge is 2.35. The second-order valence-corrected chi connectivity index (χ2v) is 25.2. The summed E-state index contributed by atoms with van der Waals surface area (Å²) in [5.74, 6) is 0.253. The molecule has 2 atom stereocenters. The highest BCUT2D eigenvalue weighted by atomic mass is 35.5. The number of carbonyl (C=O) groups excluding carboxylic acids is 4. The summed E-state index contributed by atoms with van der Waals surface area (Å²) in [6.07, 6.45) is 10.7. The summed E-state index contributed by atoms with van der Waals surface area (Å²) in [5, 5.41) is 17.4. The van der Waals surface area contributed by atoms with Gasteiger partial charge < -0.3 is 36.5 Å². The molecule has 0 spiro atoms. The average Bonchev–Trinajstić information content (AvgIpc) is 4.39. The van der Waals surface area contributed by atoms with Crippen molar-refractivity contribution in [1.82, 2.24) is 40.4 Å². The van der Waals surface area contributed by atoms with Crippen LogP contribution in [0.2, 0.25) is 10.0 Å². The molecule has 6 N–H and O–H groups in total. The van der Waals surface area contributed by atoms with E-state index in [9.17, 15) is 19.2 Å². The van der Waals surface area contributed by atoms with Crippen LogP contribution in [0.15, 0.2) is 122 Å². The van der Waals surface area contributed by atoms with Crippen molar-refractivity contribution in [1.29, 1.82) is 0 Å². The first-order chi connectivity index (χ1) is 39.2. The van der Waals surface area contributed by atoms with Crippen molar-refractivity contribution >= 4 is 114 Å². The zero-order valence-corrected chi connectivity index (χ0v) is 49.6. The zero-order chi connectivity index (χ0) is 58.1. The minimum absolute atomic E-state index is 0.0875. The van der Waals surface area contributed by atoms with E-state index in [0.717, 1.165) is 93.5 Å². The largest absolute Gasteiger partial charge is 0.443 e. The number of nitrogens with one attached hydrogen (secondary N) is 4. The van der Waals surface area contributed by atoms with Crippen LogP contribution < -0.4 is 31.9 Å². The van der Waals surface area contributed by atoms with E-state index < -0.39 is 23.4 Å². The lowest BCUT2D eigenvalue weighted by atomic mass is 10.1. The van der Waals surface area contributed by atoms with Gasteiger partial charge in [-0.15, -0.1) is 22.7 Å². The maximum absolute atomic E-state index is 13.2. The minimum atomic E-state index is -0.895. The molecule has 18 nitrogen and oxygen atoms in total. The van der Waals surface area contributed by atoms with E-state index in [1.54, 1.807) is 84.4 Å². The van der Waals surface area contributed by atoms with Crippen LogP contribution in [-0.4, -0.2) is 103 Å². The summed E-state index contributed by atoms with van der Waals surface area (Å²) >= 11 is 15.9. The first-order valence-electron chi connectivity index (χ1n) is 26.9. The van der Waals surface area contributed by atoms with Crippen molar-refractivity contribution in [2.24, 2.45) is 0 Å². The molecule has 0 unspecified atom stereocenters. The average molecular weight is 1190 g/mol. The van der Waals surface area contributed by atoms with E-state index in [-0.39, 0.29) is 24.2 Å². The van der Waals surface area contributed by atoms with Crippen LogP contribution in [0.3, 0.4) is 0 Å². The van der Waals surface area contributed by atoms with Gasteiger partial charge in [0.1, 0.15) is 17.0 Å². The Labute approximate surface area is 494 Å². The molecular weight excluding hydrogens is 1120 g/mol. The van der Waals surface area contributed by atoms with Gasteiger partial charge in [0.05, 0.1) is 31.2 Å². The quantitative estimate of drug-likeness (QED) is 0.0644. The Kier molecular flexibility index (Phi) is 18.9. The third-order valence-electron chi connectivity index (χ3n) is 13.2. The first kappa shape index (κ1) is 59.2. The minimum Gasteiger partial charge on any atom is -0.443 e. The maximum atomic E-state index is 13.2. The van der Waals surface area contributed by atoms with E-state index in [4.69, 9.17) is 38.4 Å². The number of ether oxygens (including phenoxy) is 2. The molecule has 0 bridgehead atoms. The monoisotopic (exact) mass is 1180 g/mol. The van der Waals surface area contributed by atoms with Crippen molar-refractivity contribution in [3.05, 3.63) is 163 Å². The number of carbonyl (C=O) groups is 4. The molecular formula is C60H66Cl2N12O6S2. The van der Waals surface area contributed by atoms with Crippen molar-refractivity contribution in [2.45, 2.75) is 104 Å². The summed E-state index contributed by atoms with van der Waals surface area (Å²) in [6.45, 7) is 16.1. The summed E-state index contributed by atoms with van der Waals surface area (Å²) in [5.41, 5.74) is 8.08. The van der Waals surface area contributed by atoms with Crippen LogP contribution in [0.5, 0.6) is 0 Å². The van der Waals surface area contributed by atoms with Gasteiger partial charge in [0, 0.05) is 122 Å². The summed E-state index contributed by atoms with van der Waals surface area (Å²) in [4.78, 5) is 77.8. The van der Waals surface area contributed by atoms with Gasteiger partial charge in [0.15, 0.2) is 5.82 Å². The molecule has 22 heteroatoms. The van der Waals surface area contributed by atoms with Crippen LogP contribution in [-0.2, 0) is 35.7 Å². The number of fused-ring (bicyclic) bond motifs is 2. The van der Waals surface area contributed by atoms with E-state index in [0.29, 0.717) is 61.6 Å². The molecule has 82 heavy (non-hydrogen) atoms. The second kappa shape index (κ2) is 26.2. The number of pyridine rings is 4. The van der Waals surface area contributed by atoms with Gasteiger partial charge in [-0.25, -0.2) is 19.6 Å². The van der Waals surface area contributed by atoms with Crippen LogP contribution in [0.25, 0.3) is 21.5 Å². The third-order valence-corrected chi connectivity index (χ3v) is 16.4. The van der Waals surface area contributed by atoms with Gasteiger partial charge in [-0.05, 0) is 137 Å². The molecule has 2 aromatic carbocycles. The van der Waals surface area contributed by atoms with Crippen LogP contribution in [0.4, 0.5) is 32.6 Å². The molecule has 2 aliphatic heterocycles. The number of halogens is 2. The Morgan fingerprint density at radius 1 is 0.634 bits per heavy atom. The number of benzene rings is 2. The smallest absolute Gasteiger partial charge is 0.425 e. The number of anilines is 4. The Bertz CT molecular complexity index is 3530. The zero-order valence-electron chi connectivity index (χ0n) is 46.5. The molecule has 2 aliphatic rings. The number of nitrogens with zero attached hydrogens (tertiary/aromatic N) is 7. The molecule has 8 heterocycles. The van der Waals surface area contributed by atoms with Crippen molar-refractivity contribution in [3.8, 4) is 0 Å². The third kappa shape index (κ3) is 16.0. The molecule has 2 saturated heterocycles. The SMILES string of the molecule is CC(C)(C)OC(=O)N(C(=O)OC(C)(C)C)c1nccc2cc(CNC(=O)c3cc(Cl)c(CN4CC[C@@H](Nc5cccnc5)C4)s3)ccc12.Nc1nccc2cc(CNC(=O)c3cc(Cl)c(CN4CC[C@@H](Nc5cccnc5)C4)s3)ccc12. The molecule has 6 aromatic heterocycles. The van der Waals surface area contributed by atoms with Gasteiger partial charge in [-0.2, -0.15) is 4.90 Å². The number of amides is 4. The highest BCUT2D eigenvalue weighted by Crippen LogP contribution is 2.33. The number of hydrogen-bond donors (Lipinski definition) is 5. The predicted octanol–water partition coefficient (Wildman–Crippen LogP) is 12.2. The van der Waals surface area contributed by atoms with Gasteiger partial charge in [-0.1, -0.05) is 47.5 Å². The lowest BCUT2D eigenvalue weighted by Crippen LogP contribution is -2.44. The number of likely N-dealkylation sites (tertiary alicyclic amines) is 2. The van der Waals surface area contributed by atoms with Gasteiger partial charge in [-0.3, -0.25) is 29.4 Å². The molecule has 4 amide bonds. The summed E-state index contributed by atoms with van der Waals surface area (Å²) < 4.78 is 11.1. The molecule has 0 radical (unpaired) electrons. The number of hydrogen-bond acceptors (Lipinski definition) is 17. The van der Waals surface area contributed by atoms with Crippen molar-refractivity contribution in [3.63, 3.8) is 0 Å². The van der Waals surface area contributed by atoms with Crippen LogP contribution >= 0.6 is 45.9 Å². The number of aromatic nitrogens is 4. The number of imide groups is 1. The molecule has 0 aliphatic carbocycles. The van der Waals surface area contributed by atoms with E-state index in [2.05, 4.69) is 51.0 Å². The second-order valence-electron chi connectivity index (χ2n) is 22.1. The number of nitrogens with two attached hydrogens (primary N) is 1. The highest BCUT2D eigenvalue weighted by molar-refractivity contribution is 7.15. The van der Waals surface area contributed by atoms with E-state index in [1.165, 1.54) is 28.9 Å². The maximum Gasteiger partial charge on any atom is 0.425 e. The first-order valence-corrected chi connectivity index (χ1v) is 29.3. The number of nitrogen functional groups attached to an aromatic ring is 1. The Morgan fingerprint density at radius 2 is 1.10 bits per heavy atom. The Hall–Kier alpha value is -7.46. The molecule has 428 valence electrons. The standard InChI is InChI=1S/C35H41ClN6O5S.C25H25ClN6OS/c1-34(2,3)46-32(44)42(33(45)47-35(4,5)6)30-26-10-9-22(16-23(26)11-14-38-30)18-39-31(43)28-17-27(36)29(48-28)21-41-15-12-25(20-41)40-24-8-7-13-37-19-24;26-21-11-22(25(33)30-12-16-3-4-20-17(10-16)5-8-29-24(20)27)34-23(21)15-32-9-6-19(14-32)31-18-2-1-7-28-13-18/h7-11,13-14,16-17,19,25,40H,12,15,18,20-21H2,1-6H3,(H,39,43);1-5,7-8,10-11,13,19,31H,6,9,12,14-15H2,(H2,27,29)(H,30,33)/t25-;19-/m11/s1. The lowest BCUT2D eigenvalue weighted by Gasteiger charge is -2.28. The van der Waals surface area contributed by atoms with Gasteiger partial charge >= 0.3 is 12.2 Å². The van der Waals surface area contributed by atoms with Crippen LogP contribution in [0.1, 0.15) is 94.6 Å². The van der Waals surface area contributed by atoms with Gasteiger partial charge in [0.25, 0.3) is 11.8 Å². The summed E-state index contributed by atoms with van der Waals surface area (Å²) in [6, 6.07) is 27.1. The van der Waals surface area contributed by atoms with Crippen molar-refractivity contribution in [2.75, 3.05) is 47.4 Å². The van der Waals surface area contributed by atoms with Crippen LogP contribution in [0, 0.1) is 0 Å². The Balaban J connectivity index is 0.000000209. The fraction of sp³-hybridized carbons (Fsp3) is 0.333. The molecule has 8 aromatic rings. The topological polar surface area (TPSA) is 222 Å². The normalized spacial score (nSPS) is 15.6. The number of rotatable bonds is 15. The fourth-order valence-electron chi connectivity index (χ4n) is 9.48. The van der Waals surface area contributed by atoms with E-state index >= 15 is 0 Å². The summed E-state index contributed by atoms with van der Waals surface area (Å²) in [7, 11) is 0. The van der Waals surface area contributed by atoms with Gasteiger partial charge in [0.2, 0.25) is 0 Å². The Morgan fingerprint density at radius 3 is 1.56 bits per heavy atom. The molecule has 10 rings (SSSR count). The molecule has 0 saturated carbocycles.